The number of fused-ring (bicyclic) bond motifs is 1. The van der Waals surface area contributed by atoms with E-state index in [1.54, 1.807) is 0 Å². The van der Waals surface area contributed by atoms with Crippen molar-refractivity contribution in [3.05, 3.63) is 32.1 Å². The highest BCUT2D eigenvalue weighted by Crippen LogP contribution is 2.43. The molecule has 2 aromatic rings. The van der Waals surface area contributed by atoms with E-state index in [9.17, 15) is 9.59 Å². The highest BCUT2D eigenvalue weighted by molar-refractivity contribution is 6.35. The summed E-state index contributed by atoms with van der Waals surface area (Å²) in [7, 11) is 0. The Morgan fingerprint density at radius 2 is 1.85 bits per heavy atom. The number of carbonyl (C=O) groups is 1. The van der Waals surface area contributed by atoms with Crippen molar-refractivity contribution in [1.82, 2.24) is 0 Å². The molecule has 0 amide bonds. The summed E-state index contributed by atoms with van der Waals surface area (Å²) in [6.45, 7) is 7.72. The van der Waals surface area contributed by atoms with Crippen molar-refractivity contribution in [3.8, 4) is 5.75 Å². The van der Waals surface area contributed by atoms with Crippen LogP contribution in [0.1, 0.15) is 50.3 Å². The average molecular weight is 396 g/mol. The van der Waals surface area contributed by atoms with Crippen LogP contribution in [0.25, 0.3) is 11.0 Å². The molecule has 0 spiro atoms. The summed E-state index contributed by atoms with van der Waals surface area (Å²) in [4.78, 5) is 24.1. The van der Waals surface area contributed by atoms with Gasteiger partial charge in [-0.1, -0.05) is 38.8 Å². The zero-order valence-electron chi connectivity index (χ0n) is 16.2. The topological polar surface area (TPSA) is 91.8 Å². The standard InChI is InChI=1S/C20H26ClNO5/c1-5-8-9-25-14(23)10-26-19-16(21)13(7-3)15-11(4)12(6-2)20(24)27-18(15)17(19)22/h5-10,22H2,1-4H3. The molecule has 6 nitrogen and oxygen atoms in total. The number of benzene rings is 1. The maximum Gasteiger partial charge on any atom is 0.344 e. The lowest BCUT2D eigenvalue weighted by Crippen LogP contribution is -2.17. The second kappa shape index (κ2) is 9.13. The van der Waals surface area contributed by atoms with Crippen LogP contribution < -0.4 is 16.1 Å². The molecule has 2 rings (SSSR count). The van der Waals surface area contributed by atoms with Gasteiger partial charge in [0.1, 0.15) is 5.69 Å². The van der Waals surface area contributed by atoms with Crippen molar-refractivity contribution in [2.45, 2.75) is 53.4 Å². The van der Waals surface area contributed by atoms with Gasteiger partial charge in [-0.15, -0.1) is 0 Å². The highest BCUT2D eigenvalue weighted by Gasteiger charge is 2.23. The fourth-order valence-corrected chi connectivity index (χ4v) is 3.47. The molecule has 0 saturated heterocycles. The molecule has 0 aliphatic carbocycles. The Morgan fingerprint density at radius 3 is 2.44 bits per heavy atom. The summed E-state index contributed by atoms with van der Waals surface area (Å²) in [5, 5.41) is 1.05. The van der Waals surface area contributed by atoms with Gasteiger partial charge in [0.15, 0.2) is 17.9 Å². The van der Waals surface area contributed by atoms with Crippen molar-refractivity contribution in [1.29, 1.82) is 0 Å². The van der Waals surface area contributed by atoms with Crippen molar-refractivity contribution in [2.24, 2.45) is 0 Å². The maximum atomic E-state index is 12.3. The van der Waals surface area contributed by atoms with E-state index in [-0.39, 0.29) is 23.6 Å². The van der Waals surface area contributed by atoms with Gasteiger partial charge in [0, 0.05) is 10.9 Å². The molecule has 0 fully saturated rings. The first kappa shape index (κ1) is 21.1. The minimum atomic E-state index is -0.504. The maximum absolute atomic E-state index is 12.3. The number of anilines is 1. The van der Waals surface area contributed by atoms with Crippen molar-refractivity contribution in [2.75, 3.05) is 18.9 Å². The number of nitrogens with two attached hydrogens (primary N) is 1. The number of hydrogen-bond acceptors (Lipinski definition) is 6. The summed E-state index contributed by atoms with van der Waals surface area (Å²) in [5.41, 5.74) is 8.28. The largest absolute Gasteiger partial charge is 0.478 e. The summed E-state index contributed by atoms with van der Waals surface area (Å²) >= 11 is 6.53. The Hall–Kier alpha value is -2.21. The molecule has 7 heteroatoms. The van der Waals surface area contributed by atoms with Crippen LogP contribution >= 0.6 is 11.6 Å². The molecular formula is C20H26ClNO5. The number of carbonyl (C=O) groups excluding carboxylic acids is 1. The molecule has 0 atom stereocenters. The number of hydrogen-bond donors (Lipinski definition) is 1. The summed E-state index contributed by atoms with van der Waals surface area (Å²) in [6, 6.07) is 0. The fourth-order valence-electron chi connectivity index (χ4n) is 3.09. The van der Waals surface area contributed by atoms with Crippen LogP contribution in [0.4, 0.5) is 5.69 Å². The minimum absolute atomic E-state index is 0.108. The Labute approximate surface area is 163 Å². The molecule has 0 saturated carbocycles. The molecule has 0 bridgehead atoms. The van der Waals surface area contributed by atoms with E-state index in [1.807, 2.05) is 27.7 Å². The van der Waals surface area contributed by atoms with Gasteiger partial charge >= 0.3 is 11.6 Å². The zero-order valence-corrected chi connectivity index (χ0v) is 17.0. The van der Waals surface area contributed by atoms with Gasteiger partial charge in [0.05, 0.1) is 11.6 Å². The van der Waals surface area contributed by atoms with Crippen LogP contribution in [0.3, 0.4) is 0 Å². The molecule has 0 radical (unpaired) electrons. The molecule has 0 aliphatic heterocycles. The van der Waals surface area contributed by atoms with Gasteiger partial charge in [0.25, 0.3) is 0 Å². The van der Waals surface area contributed by atoms with Crippen LogP contribution in [-0.2, 0) is 22.4 Å². The molecule has 148 valence electrons. The molecule has 0 unspecified atom stereocenters. The summed E-state index contributed by atoms with van der Waals surface area (Å²) in [6.07, 6.45) is 2.85. The molecular weight excluding hydrogens is 370 g/mol. The minimum Gasteiger partial charge on any atom is -0.478 e. The van der Waals surface area contributed by atoms with Crippen LogP contribution in [0, 0.1) is 6.92 Å². The van der Waals surface area contributed by atoms with E-state index in [1.165, 1.54) is 0 Å². The second-order valence-corrected chi connectivity index (χ2v) is 6.68. The van der Waals surface area contributed by atoms with Gasteiger partial charge in [0.2, 0.25) is 0 Å². The smallest absolute Gasteiger partial charge is 0.344 e. The molecule has 1 aromatic carbocycles. The molecule has 2 N–H and O–H groups in total. The third-order valence-corrected chi connectivity index (χ3v) is 4.95. The van der Waals surface area contributed by atoms with E-state index >= 15 is 0 Å². The van der Waals surface area contributed by atoms with E-state index < -0.39 is 11.6 Å². The van der Waals surface area contributed by atoms with E-state index in [2.05, 4.69) is 0 Å². The number of halogens is 1. The first-order valence-corrected chi connectivity index (χ1v) is 9.59. The van der Waals surface area contributed by atoms with Gasteiger partial charge < -0.3 is 19.6 Å². The first-order chi connectivity index (χ1) is 12.9. The first-order valence-electron chi connectivity index (χ1n) is 9.21. The Kier molecular flexibility index (Phi) is 7.13. The third-order valence-electron chi connectivity index (χ3n) is 4.55. The lowest BCUT2D eigenvalue weighted by Gasteiger charge is -2.18. The zero-order chi connectivity index (χ0) is 20.1. The van der Waals surface area contributed by atoms with Gasteiger partial charge in [-0.3, -0.25) is 0 Å². The summed E-state index contributed by atoms with van der Waals surface area (Å²) in [5.74, 6) is -0.365. The average Bonchev–Trinajstić information content (AvgIpc) is 2.63. The number of aryl methyl sites for hydroxylation is 2. The SMILES string of the molecule is CCCCOC(=O)COc1c(Cl)c(CC)c2c(C)c(CC)c(=O)oc2c1N. The molecule has 1 heterocycles. The van der Waals surface area contributed by atoms with Crippen molar-refractivity contribution < 1.29 is 18.7 Å². The molecule has 0 aliphatic rings. The van der Waals surface area contributed by atoms with Gasteiger partial charge in [-0.2, -0.15) is 0 Å². The number of ether oxygens (including phenoxy) is 2. The lowest BCUT2D eigenvalue weighted by molar-refractivity contribution is -0.146. The Balaban J connectivity index is 2.50. The monoisotopic (exact) mass is 395 g/mol. The molecule has 27 heavy (non-hydrogen) atoms. The Morgan fingerprint density at radius 1 is 1.19 bits per heavy atom. The van der Waals surface area contributed by atoms with Crippen LogP contribution in [0.2, 0.25) is 5.02 Å². The number of rotatable bonds is 8. The number of unbranched alkanes of at least 4 members (excludes halogenated alkanes) is 1. The van der Waals surface area contributed by atoms with Crippen LogP contribution in [-0.4, -0.2) is 19.2 Å². The van der Waals surface area contributed by atoms with Gasteiger partial charge in [-0.25, -0.2) is 9.59 Å². The van der Waals surface area contributed by atoms with Crippen molar-refractivity contribution in [3.63, 3.8) is 0 Å². The van der Waals surface area contributed by atoms with Crippen LogP contribution in [0.15, 0.2) is 9.21 Å². The Bertz CT molecular complexity index is 904. The quantitative estimate of drug-likeness (QED) is 0.312. The summed E-state index contributed by atoms with van der Waals surface area (Å²) < 4.78 is 16.1. The van der Waals surface area contributed by atoms with Crippen LogP contribution in [0.5, 0.6) is 5.75 Å². The highest BCUT2D eigenvalue weighted by atomic mass is 35.5. The van der Waals surface area contributed by atoms with Crippen molar-refractivity contribution >= 4 is 34.2 Å². The van der Waals surface area contributed by atoms with E-state index in [0.29, 0.717) is 30.0 Å². The third kappa shape index (κ3) is 4.21. The number of esters is 1. The van der Waals surface area contributed by atoms with E-state index in [0.717, 1.165) is 29.4 Å². The predicted molar refractivity (Wildman–Crippen MR) is 107 cm³/mol. The fraction of sp³-hybridized carbons (Fsp3) is 0.500. The lowest BCUT2D eigenvalue weighted by atomic mass is 9.97. The molecule has 1 aromatic heterocycles. The van der Waals surface area contributed by atoms with E-state index in [4.69, 9.17) is 31.2 Å². The predicted octanol–water partition coefficient (Wildman–Crippen LogP) is 4.18. The van der Waals surface area contributed by atoms with Gasteiger partial charge in [-0.05, 0) is 37.3 Å². The normalized spacial score (nSPS) is 11.0. The second-order valence-electron chi connectivity index (χ2n) is 6.30. The number of nitrogen functional groups attached to an aromatic ring is 1.